The molecule has 5 heteroatoms. The molecule has 0 spiro atoms. The number of rotatable bonds is 5. The average molecular weight is 254 g/mol. The van der Waals surface area contributed by atoms with E-state index in [-0.39, 0.29) is 11.5 Å². The Bertz CT molecular complexity index is 454. The van der Waals surface area contributed by atoms with Crippen LogP contribution in [0.15, 0.2) is 10.9 Å². The van der Waals surface area contributed by atoms with Crippen LogP contribution in [0.2, 0.25) is 0 Å². The predicted molar refractivity (Wildman–Crippen MR) is 71.4 cm³/mol. The summed E-state index contributed by atoms with van der Waals surface area (Å²) in [6, 6.07) is 1.91. The fourth-order valence-electron chi connectivity index (χ4n) is 1.57. The maximum Gasteiger partial charge on any atom is 0.253 e. The number of carbonyl (C=O) groups excluding carboxylic acids is 1. The molecule has 0 saturated carbocycles. The Hall–Kier alpha value is -1.23. The molecule has 1 heterocycles. The molecule has 0 atom stereocenters. The lowest BCUT2D eigenvalue weighted by atomic mass is 10.1. The van der Waals surface area contributed by atoms with E-state index in [0.717, 1.165) is 17.0 Å². The lowest BCUT2D eigenvalue weighted by Gasteiger charge is -2.07. The molecule has 1 aromatic heterocycles. The normalized spacial score (nSPS) is 10.3. The molecule has 0 aliphatic rings. The molecule has 0 aliphatic carbocycles. The molecular formula is C12H18N2O2S. The molecule has 1 rings (SSSR count). The molecule has 0 saturated heterocycles. The van der Waals surface area contributed by atoms with Crippen molar-refractivity contribution < 1.29 is 4.79 Å². The second-order valence-corrected chi connectivity index (χ2v) is 4.95. The number of pyridine rings is 1. The highest BCUT2D eigenvalue weighted by atomic mass is 32.2. The molecule has 0 aromatic carbocycles. The van der Waals surface area contributed by atoms with Gasteiger partial charge in [0, 0.05) is 30.0 Å². The first-order valence-corrected chi connectivity index (χ1v) is 6.89. The first kappa shape index (κ1) is 13.8. The van der Waals surface area contributed by atoms with Gasteiger partial charge >= 0.3 is 0 Å². The summed E-state index contributed by atoms with van der Waals surface area (Å²) in [4.78, 5) is 25.8. The van der Waals surface area contributed by atoms with Crippen molar-refractivity contribution in [3.05, 3.63) is 33.2 Å². The molecule has 17 heavy (non-hydrogen) atoms. The molecule has 0 fully saturated rings. The van der Waals surface area contributed by atoms with Crippen LogP contribution >= 0.6 is 11.8 Å². The van der Waals surface area contributed by atoms with Gasteiger partial charge in [0.2, 0.25) is 5.91 Å². The van der Waals surface area contributed by atoms with Crippen LogP contribution in [0.3, 0.4) is 0 Å². The zero-order valence-electron chi connectivity index (χ0n) is 10.4. The van der Waals surface area contributed by atoms with E-state index in [1.807, 2.05) is 26.2 Å². The predicted octanol–water partition coefficient (Wildman–Crippen LogP) is 1.36. The van der Waals surface area contributed by atoms with Crippen LogP contribution in [0.1, 0.15) is 23.2 Å². The Morgan fingerprint density at radius 2 is 2.18 bits per heavy atom. The van der Waals surface area contributed by atoms with Crippen molar-refractivity contribution in [2.75, 3.05) is 12.0 Å². The Kier molecular flexibility index (Phi) is 5.28. The van der Waals surface area contributed by atoms with Crippen LogP contribution in [0.5, 0.6) is 0 Å². The third kappa shape index (κ3) is 4.26. The van der Waals surface area contributed by atoms with E-state index in [4.69, 9.17) is 0 Å². The number of aromatic nitrogens is 1. The summed E-state index contributed by atoms with van der Waals surface area (Å²) < 4.78 is 0. The van der Waals surface area contributed by atoms with Crippen LogP contribution < -0.4 is 10.9 Å². The maximum absolute atomic E-state index is 11.7. The van der Waals surface area contributed by atoms with E-state index >= 15 is 0 Å². The molecule has 1 amide bonds. The van der Waals surface area contributed by atoms with Crippen molar-refractivity contribution in [3.63, 3.8) is 0 Å². The van der Waals surface area contributed by atoms with E-state index < -0.39 is 0 Å². The molecule has 4 nitrogen and oxygen atoms in total. The highest BCUT2D eigenvalue weighted by Crippen LogP contribution is 2.03. The average Bonchev–Trinajstić information content (AvgIpc) is 2.24. The monoisotopic (exact) mass is 254 g/mol. The largest absolute Gasteiger partial charge is 0.352 e. The Labute approximate surface area is 105 Å². The summed E-state index contributed by atoms with van der Waals surface area (Å²) in [7, 11) is 0. The van der Waals surface area contributed by atoms with Crippen LogP contribution in [0.25, 0.3) is 0 Å². The number of carbonyl (C=O) groups is 1. The van der Waals surface area contributed by atoms with Gasteiger partial charge in [0.05, 0.1) is 0 Å². The van der Waals surface area contributed by atoms with Crippen molar-refractivity contribution in [3.8, 4) is 0 Å². The van der Waals surface area contributed by atoms with E-state index in [2.05, 4.69) is 10.3 Å². The first-order valence-electron chi connectivity index (χ1n) is 5.49. The fourth-order valence-corrected chi connectivity index (χ4v) is 1.96. The van der Waals surface area contributed by atoms with Gasteiger partial charge in [-0.1, -0.05) is 0 Å². The first-order chi connectivity index (χ1) is 8.04. The highest BCUT2D eigenvalue weighted by molar-refractivity contribution is 7.98. The molecular weight excluding hydrogens is 236 g/mol. The SMILES string of the molecule is CSCCC(=O)NCc1c(C)cc(C)[nH]c1=O. The molecule has 2 N–H and O–H groups in total. The van der Waals surface area contributed by atoms with Gasteiger partial charge in [0.1, 0.15) is 0 Å². The molecule has 0 unspecified atom stereocenters. The van der Waals surface area contributed by atoms with Crippen LogP contribution in [-0.4, -0.2) is 22.9 Å². The van der Waals surface area contributed by atoms with Crippen molar-refractivity contribution >= 4 is 17.7 Å². The molecule has 94 valence electrons. The van der Waals surface area contributed by atoms with Crippen LogP contribution in [-0.2, 0) is 11.3 Å². The number of nitrogens with one attached hydrogen (secondary N) is 2. The lowest BCUT2D eigenvalue weighted by Crippen LogP contribution is -2.28. The minimum absolute atomic E-state index is 0.0151. The summed E-state index contributed by atoms with van der Waals surface area (Å²) in [5, 5.41) is 2.76. The zero-order chi connectivity index (χ0) is 12.8. The Balaban J connectivity index is 2.64. The minimum Gasteiger partial charge on any atom is -0.352 e. The van der Waals surface area contributed by atoms with Gasteiger partial charge in [0.25, 0.3) is 5.56 Å². The van der Waals surface area contributed by atoms with E-state index in [1.54, 1.807) is 11.8 Å². The van der Waals surface area contributed by atoms with E-state index in [1.165, 1.54) is 0 Å². The quantitative estimate of drug-likeness (QED) is 0.834. The smallest absolute Gasteiger partial charge is 0.253 e. The van der Waals surface area contributed by atoms with Crippen molar-refractivity contribution in [1.29, 1.82) is 0 Å². The number of H-pyrrole nitrogens is 1. The Morgan fingerprint density at radius 1 is 1.47 bits per heavy atom. The molecule has 1 aromatic rings. The zero-order valence-corrected chi connectivity index (χ0v) is 11.2. The second kappa shape index (κ2) is 6.49. The van der Waals surface area contributed by atoms with Gasteiger partial charge in [-0.05, 0) is 31.7 Å². The fraction of sp³-hybridized carbons (Fsp3) is 0.500. The van der Waals surface area contributed by atoms with Crippen LogP contribution in [0.4, 0.5) is 0 Å². The number of aromatic amines is 1. The number of hydrogen-bond acceptors (Lipinski definition) is 3. The van der Waals surface area contributed by atoms with Crippen molar-refractivity contribution in [2.45, 2.75) is 26.8 Å². The number of aryl methyl sites for hydroxylation is 2. The summed E-state index contributed by atoms with van der Waals surface area (Å²) in [5.41, 5.74) is 2.27. The lowest BCUT2D eigenvalue weighted by molar-refractivity contribution is -0.120. The van der Waals surface area contributed by atoms with Gasteiger partial charge in [0.15, 0.2) is 0 Å². The Morgan fingerprint density at radius 3 is 2.76 bits per heavy atom. The van der Waals surface area contributed by atoms with E-state index in [0.29, 0.717) is 18.5 Å². The second-order valence-electron chi connectivity index (χ2n) is 3.96. The molecule has 0 aliphatic heterocycles. The summed E-state index contributed by atoms with van der Waals surface area (Å²) in [5.74, 6) is 0.786. The van der Waals surface area contributed by atoms with Gasteiger partial charge in [-0.3, -0.25) is 9.59 Å². The maximum atomic E-state index is 11.7. The standard InChI is InChI=1S/C12H18N2O2S/c1-8-6-9(2)14-12(16)10(8)7-13-11(15)4-5-17-3/h6H,4-5,7H2,1-3H3,(H,13,15)(H,14,16). The number of hydrogen-bond donors (Lipinski definition) is 2. The summed E-state index contributed by atoms with van der Waals surface area (Å²) in [6.45, 7) is 4.02. The minimum atomic E-state index is -0.118. The third-order valence-corrected chi connectivity index (χ3v) is 3.10. The topological polar surface area (TPSA) is 62.0 Å². The molecule has 0 radical (unpaired) electrons. The van der Waals surface area contributed by atoms with Gasteiger partial charge in [-0.15, -0.1) is 0 Å². The third-order valence-electron chi connectivity index (χ3n) is 2.49. The van der Waals surface area contributed by atoms with E-state index in [9.17, 15) is 9.59 Å². The van der Waals surface area contributed by atoms with Crippen molar-refractivity contribution in [1.82, 2.24) is 10.3 Å². The van der Waals surface area contributed by atoms with Gasteiger partial charge < -0.3 is 10.3 Å². The number of amides is 1. The highest BCUT2D eigenvalue weighted by Gasteiger charge is 2.07. The molecule has 0 bridgehead atoms. The number of thioether (sulfide) groups is 1. The van der Waals surface area contributed by atoms with Gasteiger partial charge in [-0.25, -0.2) is 0 Å². The van der Waals surface area contributed by atoms with Crippen LogP contribution in [0, 0.1) is 13.8 Å². The van der Waals surface area contributed by atoms with Crippen molar-refractivity contribution in [2.24, 2.45) is 0 Å². The summed E-state index contributed by atoms with van der Waals surface area (Å²) in [6.07, 6.45) is 2.45. The summed E-state index contributed by atoms with van der Waals surface area (Å²) >= 11 is 1.63. The van der Waals surface area contributed by atoms with Gasteiger partial charge in [-0.2, -0.15) is 11.8 Å².